The molecule has 0 amide bonds. The highest BCUT2D eigenvalue weighted by atomic mass is 32.2. The highest BCUT2D eigenvalue weighted by Crippen LogP contribution is 2.36. The van der Waals surface area contributed by atoms with Crippen LogP contribution < -0.4 is 0 Å². The Kier molecular flexibility index (Phi) is 2.70. The lowest BCUT2D eigenvalue weighted by atomic mass is 10.2. The van der Waals surface area contributed by atoms with Crippen LogP contribution in [0.25, 0.3) is 0 Å². The molecule has 14 heavy (non-hydrogen) atoms. The smallest absolute Gasteiger partial charge is 0.0975 e. The number of nitrogens with zero attached hydrogens (tertiary/aromatic N) is 1. The molecule has 1 aromatic rings. The molecule has 2 unspecified atom stereocenters. The fraction of sp³-hybridized carbons (Fsp3) is 0.455. The first-order chi connectivity index (χ1) is 6.70. The predicted molar refractivity (Wildman–Crippen MR) is 59.2 cm³/mol. The van der Waals surface area contributed by atoms with Gasteiger partial charge in [0.1, 0.15) is 0 Å². The molecule has 0 spiro atoms. The average Bonchev–Trinajstić information content (AvgIpc) is 2.97. The molecule has 1 aliphatic rings. The summed E-state index contributed by atoms with van der Waals surface area (Å²) in [6.45, 7) is 4.93. The van der Waals surface area contributed by atoms with E-state index in [1.165, 1.54) is 5.56 Å². The normalized spacial score (nSPS) is 27.6. The van der Waals surface area contributed by atoms with Crippen molar-refractivity contribution in [3.63, 3.8) is 0 Å². The minimum atomic E-state index is -0.810. The summed E-state index contributed by atoms with van der Waals surface area (Å²) in [4.78, 5) is 0. The van der Waals surface area contributed by atoms with Crippen LogP contribution in [0, 0.1) is 0 Å². The fourth-order valence-electron chi connectivity index (χ4n) is 1.54. The van der Waals surface area contributed by atoms with Crippen molar-refractivity contribution in [2.24, 2.45) is 0 Å². The second-order valence-corrected chi connectivity index (χ2v) is 5.82. The first-order valence-electron chi connectivity index (χ1n) is 4.92. The van der Waals surface area contributed by atoms with Crippen molar-refractivity contribution in [2.45, 2.75) is 25.1 Å². The number of hydrogen-bond acceptors (Lipinski definition) is 1. The highest BCUT2D eigenvalue weighted by molar-refractivity contribution is 7.83. The Morgan fingerprint density at radius 2 is 2.00 bits per heavy atom. The number of benzene rings is 1. The maximum atomic E-state index is 11.7. The molecule has 1 fully saturated rings. The molecular formula is C11H15NOS. The van der Waals surface area contributed by atoms with Crippen molar-refractivity contribution in [3.8, 4) is 0 Å². The average molecular weight is 209 g/mol. The summed E-state index contributed by atoms with van der Waals surface area (Å²) in [5.74, 6) is 0. The molecule has 0 radical (unpaired) electrons. The van der Waals surface area contributed by atoms with Crippen LogP contribution in [0.2, 0.25) is 0 Å². The molecule has 0 aliphatic carbocycles. The lowest BCUT2D eigenvalue weighted by molar-refractivity contribution is 0.638. The Hall–Kier alpha value is -0.670. The Morgan fingerprint density at radius 3 is 2.57 bits per heavy atom. The molecule has 0 N–H and O–H groups in total. The topological polar surface area (TPSA) is 20.1 Å². The van der Waals surface area contributed by atoms with E-state index in [-0.39, 0.29) is 5.25 Å². The van der Waals surface area contributed by atoms with Gasteiger partial charge in [-0.2, -0.15) is 0 Å². The van der Waals surface area contributed by atoms with Gasteiger partial charge in [0.25, 0.3) is 0 Å². The summed E-state index contributed by atoms with van der Waals surface area (Å²) in [5, 5.41) is 0.226. The summed E-state index contributed by atoms with van der Waals surface area (Å²) in [6, 6.07) is 10.7. The van der Waals surface area contributed by atoms with Crippen LogP contribution in [0.4, 0.5) is 0 Å². The molecule has 0 aromatic heterocycles. The summed E-state index contributed by atoms with van der Waals surface area (Å²) in [5.41, 5.74) is 1.28. The van der Waals surface area contributed by atoms with Crippen LogP contribution >= 0.6 is 0 Å². The van der Waals surface area contributed by atoms with Gasteiger partial charge in [-0.25, -0.2) is 8.51 Å². The Balaban J connectivity index is 2.03. The van der Waals surface area contributed by atoms with Crippen molar-refractivity contribution in [1.82, 2.24) is 4.31 Å². The van der Waals surface area contributed by atoms with E-state index in [9.17, 15) is 4.21 Å². The number of rotatable bonds is 3. The standard InChI is InChI=1S/C11H15NOS/c1-9(2)14(13)12-8-11(12)10-6-4-3-5-7-10/h3-7,9,11H,8H2,1-2H3/t11-,12?,14?/m0/s1. The molecule has 0 saturated carbocycles. The molecule has 1 aromatic carbocycles. The first kappa shape index (κ1) is 9.87. The van der Waals surface area contributed by atoms with Crippen molar-refractivity contribution >= 4 is 11.0 Å². The first-order valence-corrected chi connectivity index (χ1v) is 6.09. The SMILES string of the molecule is CC(C)S(=O)N1C[C@H]1c1ccccc1. The largest absolute Gasteiger partial charge is 0.242 e. The molecule has 2 rings (SSSR count). The molecule has 3 heteroatoms. The lowest BCUT2D eigenvalue weighted by Gasteiger charge is -2.06. The van der Waals surface area contributed by atoms with Crippen LogP contribution in [0.5, 0.6) is 0 Å². The van der Waals surface area contributed by atoms with Gasteiger partial charge in [-0.15, -0.1) is 0 Å². The zero-order valence-electron chi connectivity index (χ0n) is 8.51. The molecule has 1 heterocycles. The van der Waals surface area contributed by atoms with Gasteiger partial charge in [-0.3, -0.25) is 0 Å². The zero-order chi connectivity index (χ0) is 10.1. The van der Waals surface area contributed by atoms with Gasteiger partial charge >= 0.3 is 0 Å². The van der Waals surface area contributed by atoms with Gasteiger partial charge in [0.15, 0.2) is 0 Å². The zero-order valence-corrected chi connectivity index (χ0v) is 9.33. The maximum Gasteiger partial charge on any atom is 0.0975 e. The van der Waals surface area contributed by atoms with Crippen molar-refractivity contribution in [3.05, 3.63) is 35.9 Å². The van der Waals surface area contributed by atoms with Crippen LogP contribution in [-0.2, 0) is 11.0 Å². The van der Waals surface area contributed by atoms with Crippen LogP contribution in [-0.4, -0.2) is 20.3 Å². The van der Waals surface area contributed by atoms with E-state index in [4.69, 9.17) is 0 Å². The third-order valence-electron chi connectivity index (χ3n) is 2.39. The summed E-state index contributed by atoms with van der Waals surface area (Å²) < 4.78 is 13.8. The summed E-state index contributed by atoms with van der Waals surface area (Å²) in [7, 11) is -0.810. The van der Waals surface area contributed by atoms with Gasteiger partial charge in [0.2, 0.25) is 0 Å². The van der Waals surface area contributed by atoms with Crippen molar-refractivity contribution in [2.75, 3.05) is 6.54 Å². The Labute approximate surface area is 87.5 Å². The molecule has 76 valence electrons. The third-order valence-corrected chi connectivity index (χ3v) is 4.06. The molecule has 2 nitrogen and oxygen atoms in total. The minimum Gasteiger partial charge on any atom is -0.242 e. The lowest BCUT2D eigenvalue weighted by Crippen LogP contribution is -2.14. The molecular weight excluding hydrogens is 194 g/mol. The number of hydrogen-bond donors (Lipinski definition) is 0. The van der Waals surface area contributed by atoms with E-state index >= 15 is 0 Å². The quantitative estimate of drug-likeness (QED) is 0.698. The van der Waals surface area contributed by atoms with Gasteiger partial charge in [-0.05, 0) is 19.4 Å². The van der Waals surface area contributed by atoms with E-state index in [0.29, 0.717) is 6.04 Å². The predicted octanol–water partition coefficient (Wildman–Crippen LogP) is 2.12. The second kappa shape index (κ2) is 3.83. The molecule has 3 atom stereocenters. The third kappa shape index (κ3) is 1.88. The Morgan fingerprint density at radius 1 is 1.36 bits per heavy atom. The van der Waals surface area contributed by atoms with Crippen LogP contribution in [0.15, 0.2) is 30.3 Å². The van der Waals surface area contributed by atoms with E-state index in [1.54, 1.807) is 0 Å². The van der Waals surface area contributed by atoms with Gasteiger partial charge < -0.3 is 0 Å². The minimum absolute atomic E-state index is 0.226. The van der Waals surface area contributed by atoms with Gasteiger partial charge in [0, 0.05) is 11.8 Å². The molecule has 1 saturated heterocycles. The molecule has 1 aliphatic heterocycles. The van der Waals surface area contributed by atoms with E-state index in [0.717, 1.165) is 6.54 Å². The highest BCUT2D eigenvalue weighted by Gasteiger charge is 2.40. The van der Waals surface area contributed by atoms with Crippen LogP contribution in [0.1, 0.15) is 25.5 Å². The van der Waals surface area contributed by atoms with Crippen molar-refractivity contribution in [1.29, 1.82) is 0 Å². The molecule has 0 bridgehead atoms. The summed E-state index contributed by atoms with van der Waals surface area (Å²) in [6.07, 6.45) is 0. The second-order valence-electron chi connectivity index (χ2n) is 3.85. The van der Waals surface area contributed by atoms with Gasteiger partial charge in [0.05, 0.1) is 17.0 Å². The fourth-order valence-corrected chi connectivity index (χ4v) is 2.74. The van der Waals surface area contributed by atoms with Crippen molar-refractivity contribution < 1.29 is 4.21 Å². The monoisotopic (exact) mass is 209 g/mol. The van der Waals surface area contributed by atoms with E-state index in [1.807, 2.05) is 36.4 Å². The van der Waals surface area contributed by atoms with Crippen LogP contribution in [0.3, 0.4) is 0 Å². The summed E-state index contributed by atoms with van der Waals surface area (Å²) >= 11 is 0. The Bertz CT molecular complexity index is 336. The van der Waals surface area contributed by atoms with Gasteiger partial charge in [-0.1, -0.05) is 30.3 Å². The van der Waals surface area contributed by atoms with E-state index in [2.05, 4.69) is 12.1 Å². The maximum absolute atomic E-state index is 11.7. The van der Waals surface area contributed by atoms with E-state index < -0.39 is 11.0 Å².